The summed E-state index contributed by atoms with van der Waals surface area (Å²) in [5.41, 5.74) is 16.2. The Kier molecular flexibility index (Phi) is 9.07. The summed E-state index contributed by atoms with van der Waals surface area (Å²) in [5.74, 6) is 1.24. The van der Waals surface area contributed by atoms with Gasteiger partial charge < -0.3 is 11.5 Å². The van der Waals surface area contributed by atoms with E-state index in [4.69, 9.17) is 27.3 Å². The molecule has 27 heavy (non-hydrogen) atoms. The van der Waals surface area contributed by atoms with Gasteiger partial charge in [-0.1, -0.05) is 59.9 Å². The lowest BCUT2D eigenvalue weighted by atomic mass is 10.00. The monoisotopic (exact) mass is 529 g/mol. The van der Waals surface area contributed by atoms with E-state index in [-0.39, 0.29) is 44.3 Å². The van der Waals surface area contributed by atoms with Crippen molar-refractivity contribution in [1.82, 2.24) is 4.98 Å². The smallest absolute Gasteiger partial charge is 0.151 e. The maximum atomic E-state index is 7.44. The molecule has 2 aromatic carbocycles. The lowest BCUT2D eigenvalue weighted by molar-refractivity contribution is 1.34. The molecule has 9 heteroatoms. The zero-order valence-corrected chi connectivity index (χ0v) is 19.7. The average Bonchev–Trinajstić information content (AvgIpc) is 2.58. The molecule has 0 aliphatic heterocycles. The van der Waals surface area contributed by atoms with E-state index in [2.05, 4.69) is 19.1 Å². The van der Waals surface area contributed by atoms with Crippen molar-refractivity contribution in [3.05, 3.63) is 53.1 Å². The first kappa shape index (κ1) is 23.7. The second kappa shape index (κ2) is 10.3. The maximum absolute atomic E-state index is 7.44. The van der Waals surface area contributed by atoms with Crippen LogP contribution in [0.1, 0.15) is 16.7 Å². The molecule has 0 amide bonds. The molecular weight excluding hydrogens is 510 g/mol. The van der Waals surface area contributed by atoms with Gasteiger partial charge in [0.2, 0.25) is 0 Å². The second-order valence-electron chi connectivity index (χ2n) is 5.67. The van der Waals surface area contributed by atoms with E-state index >= 15 is 0 Å². The van der Waals surface area contributed by atoms with Crippen molar-refractivity contribution in [3.8, 4) is 0 Å². The van der Waals surface area contributed by atoms with Crippen LogP contribution in [-0.2, 0) is 11.5 Å². The molecule has 5 nitrogen and oxygen atoms in total. The number of para-hydroxylation sites is 2. The van der Waals surface area contributed by atoms with Gasteiger partial charge in [-0.2, -0.15) is 0 Å². The number of hydrogen-bond acceptors (Lipinski definition) is 5. The topological polar surface area (TPSA) is 113 Å². The minimum Gasteiger partial charge on any atom is -0.379 e. The SMILES string of the molecule is Br.Br.Cc1c2cccc(CSC(=N)N)c2nc2c(CSC(=N)N)cccc12. The molecule has 1 aromatic heterocycles. The van der Waals surface area contributed by atoms with Crippen molar-refractivity contribution in [2.24, 2.45) is 11.5 Å². The lowest BCUT2D eigenvalue weighted by Gasteiger charge is -2.13. The summed E-state index contributed by atoms with van der Waals surface area (Å²) in [7, 11) is 0. The van der Waals surface area contributed by atoms with Gasteiger partial charge in [0, 0.05) is 22.3 Å². The van der Waals surface area contributed by atoms with E-state index in [0.717, 1.165) is 32.9 Å². The summed E-state index contributed by atoms with van der Waals surface area (Å²) in [4.78, 5) is 4.95. The van der Waals surface area contributed by atoms with Crippen LogP contribution in [0.4, 0.5) is 0 Å². The van der Waals surface area contributed by atoms with Crippen molar-refractivity contribution in [1.29, 1.82) is 10.8 Å². The Morgan fingerprint density at radius 3 is 1.63 bits per heavy atom. The highest BCUT2D eigenvalue weighted by Crippen LogP contribution is 2.31. The Morgan fingerprint density at radius 1 is 0.852 bits per heavy atom. The van der Waals surface area contributed by atoms with Crippen molar-refractivity contribution in [2.45, 2.75) is 18.4 Å². The predicted molar refractivity (Wildman–Crippen MR) is 131 cm³/mol. The molecule has 0 aliphatic rings. The third-order valence-corrected chi connectivity index (χ3v) is 5.57. The molecule has 3 aromatic rings. The van der Waals surface area contributed by atoms with Gasteiger partial charge in [0.1, 0.15) is 0 Å². The molecule has 0 atom stereocenters. The highest BCUT2D eigenvalue weighted by molar-refractivity contribution is 8.93. The number of amidine groups is 2. The van der Waals surface area contributed by atoms with Crippen molar-refractivity contribution < 1.29 is 0 Å². The van der Waals surface area contributed by atoms with Gasteiger partial charge in [0.15, 0.2) is 10.3 Å². The second-order valence-corrected chi connectivity index (χ2v) is 7.70. The van der Waals surface area contributed by atoms with Gasteiger partial charge in [0.25, 0.3) is 0 Å². The molecule has 0 spiro atoms. The van der Waals surface area contributed by atoms with E-state index in [1.165, 1.54) is 29.1 Å². The summed E-state index contributed by atoms with van der Waals surface area (Å²) in [5, 5.41) is 17.3. The molecule has 0 fully saturated rings. The fourth-order valence-electron chi connectivity index (χ4n) is 2.85. The zero-order valence-electron chi connectivity index (χ0n) is 14.6. The molecular formula is C18H21Br2N5S2. The maximum Gasteiger partial charge on any atom is 0.151 e. The molecule has 0 aliphatic carbocycles. The fraction of sp³-hybridized carbons (Fsp3) is 0.167. The lowest BCUT2D eigenvalue weighted by Crippen LogP contribution is -2.05. The first-order chi connectivity index (χ1) is 12.0. The van der Waals surface area contributed by atoms with Gasteiger partial charge in [-0.15, -0.1) is 34.0 Å². The number of aromatic nitrogens is 1. The number of nitrogens with two attached hydrogens (primary N) is 2. The van der Waals surface area contributed by atoms with Crippen LogP contribution in [0.3, 0.4) is 0 Å². The number of fused-ring (bicyclic) bond motifs is 2. The van der Waals surface area contributed by atoms with Gasteiger partial charge in [0.05, 0.1) is 11.0 Å². The zero-order chi connectivity index (χ0) is 18.0. The van der Waals surface area contributed by atoms with Crippen LogP contribution in [-0.4, -0.2) is 15.3 Å². The van der Waals surface area contributed by atoms with Crippen LogP contribution in [0.25, 0.3) is 21.8 Å². The quantitative estimate of drug-likeness (QED) is 0.213. The van der Waals surface area contributed by atoms with Gasteiger partial charge in [-0.25, -0.2) is 4.98 Å². The predicted octanol–water partition coefficient (Wildman–Crippen LogP) is 5.11. The molecule has 144 valence electrons. The summed E-state index contributed by atoms with van der Waals surface area (Å²) in [6.07, 6.45) is 0. The Morgan fingerprint density at radius 2 is 1.26 bits per heavy atom. The fourth-order valence-corrected chi connectivity index (χ4v) is 3.94. The van der Waals surface area contributed by atoms with Crippen LogP contribution in [0, 0.1) is 17.7 Å². The van der Waals surface area contributed by atoms with Crippen LogP contribution in [0.2, 0.25) is 0 Å². The molecule has 0 unspecified atom stereocenters. The van der Waals surface area contributed by atoms with Crippen molar-refractivity contribution >= 4 is 89.6 Å². The highest BCUT2D eigenvalue weighted by Gasteiger charge is 2.12. The van der Waals surface area contributed by atoms with E-state index in [1.807, 2.05) is 24.3 Å². The Hall–Kier alpha value is -1.29. The summed E-state index contributed by atoms with van der Waals surface area (Å²) >= 11 is 2.60. The highest BCUT2D eigenvalue weighted by atomic mass is 79.9. The summed E-state index contributed by atoms with van der Waals surface area (Å²) in [6.45, 7) is 2.11. The average molecular weight is 531 g/mol. The largest absolute Gasteiger partial charge is 0.379 e. The number of nitrogens with zero attached hydrogens (tertiary/aromatic N) is 1. The molecule has 0 bridgehead atoms. The van der Waals surface area contributed by atoms with E-state index < -0.39 is 0 Å². The normalized spacial score (nSPS) is 10.3. The summed E-state index contributed by atoms with van der Waals surface area (Å²) in [6, 6.07) is 12.3. The van der Waals surface area contributed by atoms with E-state index in [0.29, 0.717) is 11.5 Å². The third kappa shape index (κ3) is 5.37. The Balaban J connectivity index is 0.00000182. The van der Waals surface area contributed by atoms with Gasteiger partial charge in [-0.3, -0.25) is 10.8 Å². The molecule has 3 rings (SSSR count). The molecule has 0 radical (unpaired) electrons. The van der Waals surface area contributed by atoms with Crippen molar-refractivity contribution in [3.63, 3.8) is 0 Å². The Labute approximate surface area is 187 Å². The van der Waals surface area contributed by atoms with Crippen LogP contribution in [0.5, 0.6) is 0 Å². The van der Waals surface area contributed by atoms with Crippen LogP contribution in [0.15, 0.2) is 36.4 Å². The van der Waals surface area contributed by atoms with Gasteiger partial charge in [-0.05, 0) is 23.6 Å². The minimum atomic E-state index is 0. The number of rotatable bonds is 4. The standard InChI is InChI=1S/C18H19N5S2.2BrH/c1-10-13-6-2-4-11(8-24-17(19)20)15(13)23-16-12(9-25-18(21)22)5-3-7-14(10)16;;/h2-7H,8-9H2,1H3,(H3,19,20)(H3,21,22);2*1H. The van der Waals surface area contributed by atoms with Crippen LogP contribution < -0.4 is 11.5 Å². The molecule has 6 N–H and O–H groups in total. The number of benzene rings is 2. The number of thioether (sulfide) groups is 2. The number of halogens is 2. The molecule has 1 heterocycles. The van der Waals surface area contributed by atoms with Gasteiger partial charge >= 0.3 is 0 Å². The third-order valence-electron chi connectivity index (χ3n) is 4.04. The first-order valence-corrected chi connectivity index (χ1v) is 9.68. The number of hydrogen-bond donors (Lipinski definition) is 4. The van der Waals surface area contributed by atoms with E-state index in [9.17, 15) is 0 Å². The van der Waals surface area contributed by atoms with Crippen molar-refractivity contribution in [2.75, 3.05) is 0 Å². The number of nitrogens with one attached hydrogen (secondary N) is 2. The minimum absolute atomic E-state index is 0. The molecule has 0 saturated heterocycles. The summed E-state index contributed by atoms with van der Waals surface area (Å²) < 4.78 is 0. The first-order valence-electron chi connectivity index (χ1n) is 7.71. The van der Waals surface area contributed by atoms with Crippen LogP contribution >= 0.6 is 57.5 Å². The van der Waals surface area contributed by atoms with E-state index in [1.54, 1.807) is 0 Å². The molecule has 0 saturated carbocycles. The number of pyridine rings is 1. The number of aryl methyl sites for hydroxylation is 1. The Bertz CT molecular complexity index is 918.